The number of nitrogens with two attached hydrogens (primary N) is 1. The molecule has 292 valence electrons. The number of carbonyl (C=O) groups is 4. The summed E-state index contributed by atoms with van der Waals surface area (Å²) < 4.78 is 79.7. The first-order valence-corrected chi connectivity index (χ1v) is 16.7. The van der Waals surface area contributed by atoms with E-state index in [-0.39, 0.29) is 71.6 Å². The van der Waals surface area contributed by atoms with Gasteiger partial charge in [-0.25, -0.2) is 18.6 Å². The molecule has 1 atom stereocenters. The van der Waals surface area contributed by atoms with E-state index in [1.54, 1.807) is 27.7 Å². The molecule has 0 aliphatic heterocycles. The maximum atomic E-state index is 14.2. The monoisotopic (exact) mass is 754 g/mol. The molecule has 3 aromatic rings. The van der Waals surface area contributed by atoms with E-state index in [9.17, 15) is 36.7 Å². The summed E-state index contributed by atoms with van der Waals surface area (Å²) in [5.74, 6) is -3.71. The number of hydrogen-bond acceptors (Lipinski definition) is 10. The number of alkyl carbamates (subject to hydrolysis) is 1. The summed E-state index contributed by atoms with van der Waals surface area (Å²) in [5, 5.41) is 5.04. The molecular weight excluding hydrogens is 708 g/mol. The van der Waals surface area contributed by atoms with Gasteiger partial charge in [-0.1, -0.05) is 13.0 Å². The third kappa shape index (κ3) is 15.8. The molecule has 3 rings (SSSR count). The van der Waals surface area contributed by atoms with E-state index in [1.165, 1.54) is 31.2 Å². The lowest BCUT2D eigenvalue weighted by molar-refractivity contribution is -0.146. The Hall–Kier alpha value is -5.35. The Morgan fingerprint density at radius 2 is 1.68 bits per heavy atom. The van der Waals surface area contributed by atoms with Crippen molar-refractivity contribution in [3.05, 3.63) is 65.1 Å². The van der Waals surface area contributed by atoms with Crippen LogP contribution in [0.1, 0.15) is 102 Å². The minimum absolute atomic E-state index is 0.00202. The Bertz CT molecular complexity index is 1690. The standard InChI is InChI=1S/C30H34F4N4O7.C6H12O2/c1-16(37-29(41)45-30(2,3)4)25-24(26(40)36-15-18-8-10-19(31)14-20(18)32)38-27(44-25)17-9-11-21(43-28(33)34)22(13-17)42-12-6-5-7-23(35)39;1-4-6(7)8-5(2)3/h8-11,13-14,16,28H,5-7,12,15H2,1-4H3,(H2,35,39)(H,36,40)(H,37,41);5H,4H2,1-3H3/t16-;/m0./s1. The number of esters is 1. The van der Waals surface area contributed by atoms with Crippen molar-refractivity contribution in [3.8, 4) is 23.0 Å². The number of nitrogens with one attached hydrogen (secondary N) is 2. The number of rotatable bonds is 16. The van der Waals surface area contributed by atoms with Gasteiger partial charge < -0.3 is 39.7 Å². The van der Waals surface area contributed by atoms with Crippen LogP contribution >= 0.6 is 0 Å². The quantitative estimate of drug-likeness (QED) is 0.0774. The van der Waals surface area contributed by atoms with Crippen molar-refractivity contribution < 1.29 is 60.1 Å². The molecule has 1 heterocycles. The number of amides is 3. The molecule has 0 unspecified atom stereocenters. The molecule has 13 nitrogen and oxygen atoms in total. The molecule has 0 saturated carbocycles. The lowest BCUT2D eigenvalue weighted by Crippen LogP contribution is -2.34. The highest BCUT2D eigenvalue weighted by atomic mass is 19.3. The number of carbonyl (C=O) groups excluding carboxylic acids is 4. The fourth-order valence-electron chi connectivity index (χ4n) is 4.26. The van der Waals surface area contributed by atoms with Crippen molar-refractivity contribution in [3.63, 3.8) is 0 Å². The molecule has 17 heteroatoms. The minimum atomic E-state index is -3.15. The molecule has 0 aliphatic rings. The molecule has 0 radical (unpaired) electrons. The number of halogens is 4. The first-order valence-electron chi connectivity index (χ1n) is 16.7. The van der Waals surface area contributed by atoms with Crippen LogP contribution in [0.2, 0.25) is 0 Å². The Kier molecular flexibility index (Phi) is 17.1. The number of benzene rings is 2. The highest BCUT2D eigenvalue weighted by molar-refractivity contribution is 5.94. The third-order valence-corrected chi connectivity index (χ3v) is 6.59. The number of alkyl halides is 2. The van der Waals surface area contributed by atoms with Crippen molar-refractivity contribution in [1.82, 2.24) is 15.6 Å². The van der Waals surface area contributed by atoms with Crippen LogP contribution in [-0.2, 0) is 25.6 Å². The van der Waals surface area contributed by atoms with E-state index >= 15 is 0 Å². The average molecular weight is 755 g/mol. The third-order valence-electron chi connectivity index (χ3n) is 6.59. The van der Waals surface area contributed by atoms with Gasteiger partial charge in [0.1, 0.15) is 17.2 Å². The topological polar surface area (TPSA) is 181 Å². The molecule has 0 spiro atoms. The largest absolute Gasteiger partial charge is 0.490 e. The molecule has 53 heavy (non-hydrogen) atoms. The van der Waals surface area contributed by atoms with Crippen molar-refractivity contribution in [2.75, 3.05) is 6.61 Å². The molecule has 3 amide bonds. The van der Waals surface area contributed by atoms with Gasteiger partial charge in [-0.2, -0.15) is 8.78 Å². The van der Waals surface area contributed by atoms with E-state index in [0.717, 1.165) is 6.07 Å². The summed E-state index contributed by atoms with van der Waals surface area (Å²) in [4.78, 5) is 51.3. The second-order valence-electron chi connectivity index (χ2n) is 12.7. The summed E-state index contributed by atoms with van der Waals surface area (Å²) in [5.41, 5.74) is 4.22. The zero-order chi connectivity index (χ0) is 39.9. The molecule has 0 saturated heterocycles. The highest BCUT2D eigenvalue weighted by Crippen LogP contribution is 2.35. The van der Waals surface area contributed by atoms with Gasteiger partial charge >= 0.3 is 18.7 Å². The molecule has 2 aromatic carbocycles. The molecule has 0 aliphatic carbocycles. The van der Waals surface area contributed by atoms with E-state index in [2.05, 4.69) is 20.4 Å². The molecular formula is C36H46F4N4O9. The maximum Gasteiger partial charge on any atom is 0.408 e. The second-order valence-corrected chi connectivity index (χ2v) is 12.7. The zero-order valence-electron chi connectivity index (χ0n) is 30.6. The fourth-order valence-corrected chi connectivity index (χ4v) is 4.26. The number of ether oxygens (including phenoxy) is 4. The lowest BCUT2D eigenvalue weighted by Gasteiger charge is -2.21. The van der Waals surface area contributed by atoms with Gasteiger partial charge in [-0.15, -0.1) is 0 Å². The predicted molar refractivity (Wildman–Crippen MR) is 184 cm³/mol. The lowest BCUT2D eigenvalue weighted by atomic mass is 10.1. The van der Waals surface area contributed by atoms with Gasteiger partial charge in [0.2, 0.25) is 11.8 Å². The van der Waals surface area contributed by atoms with Crippen molar-refractivity contribution >= 4 is 23.9 Å². The van der Waals surface area contributed by atoms with Gasteiger partial charge in [0.15, 0.2) is 23.0 Å². The van der Waals surface area contributed by atoms with Crippen LogP contribution in [0.15, 0.2) is 40.8 Å². The first-order chi connectivity index (χ1) is 24.8. The van der Waals surface area contributed by atoms with Gasteiger partial charge in [0, 0.05) is 36.6 Å². The average Bonchev–Trinajstić information content (AvgIpc) is 3.49. The van der Waals surface area contributed by atoms with Gasteiger partial charge in [0.25, 0.3) is 5.91 Å². The van der Waals surface area contributed by atoms with Crippen LogP contribution in [0.3, 0.4) is 0 Å². The van der Waals surface area contributed by atoms with Crippen LogP contribution in [-0.4, -0.2) is 53.8 Å². The smallest absolute Gasteiger partial charge is 0.408 e. The Morgan fingerprint density at radius 3 is 2.25 bits per heavy atom. The number of aromatic nitrogens is 1. The van der Waals surface area contributed by atoms with Crippen LogP contribution in [0.4, 0.5) is 22.4 Å². The maximum absolute atomic E-state index is 14.2. The first kappa shape index (κ1) is 43.8. The Labute approximate surface area is 304 Å². The van der Waals surface area contributed by atoms with Crippen LogP contribution in [0, 0.1) is 11.6 Å². The predicted octanol–water partition coefficient (Wildman–Crippen LogP) is 7.12. The Morgan fingerprint density at radius 1 is 0.981 bits per heavy atom. The highest BCUT2D eigenvalue weighted by Gasteiger charge is 2.28. The summed E-state index contributed by atoms with van der Waals surface area (Å²) in [6.07, 6.45) is 0.606. The van der Waals surface area contributed by atoms with Crippen LogP contribution in [0.5, 0.6) is 11.5 Å². The summed E-state index contributed by atoms with van der Waals surface area (Å²) in [6.45, 7) is 8.52. The van der Waals surface area contributed by atoms with E-state index < -0.39 is 47.8 Å². The number of unbranched alkanes of at least 4 members (excludes halogenated alkanes) is 1. The number of nitrogens with zero attached hydrogens (tertiary/aromatic N) is 1. The van der Waals surface area contributed by atoms with E-state index in [4.69, 9.17) is 24.4 Å². The number of oxazole rings is 1. The van der Waals surface area contributed by atoms with Crippen molar-refractivity contribution in [2.45, 2.75) is 105 Å². The van der Waals surface area contributed by atoms with Crippen LogP contribution < -0.4 is 25.8 Å². The van der Waals surface area contributed by atoms with E-state index in [0.29, 0.717) is 25.3 Å². The minimum Gasteiger partial charge on any atom is -0.490 e. The summed E-state index contributed by atoms with van der Waals surface area (Å²) in [7, 11) is 0. The molecule has 0 bridgehead atoms. The second kappa shape index (κ2) is 20.6. The summed E-state index contributed by atoms with van der Waals surface area (Å²) in [6, 6.07) is 5.77. The van der Waals surface area contributed by atoms with Gasteiger partial charge in [-0.3, -0.25) is 14.4 Å². The number of hydrogen-bond donors (Lipinski definition) is 3. The van der Waals surface area contributed by atoms with Crippen LogP contribution in [0.25, 0.3) is 11.5 Å². The molecule has 0 fully saturated rings. The van der Waals surface area contributed by atoms with Crippen molar-refractivity contribution in [2.24, 2.45) is 5.73 Å². The zero-order valence-corrected chi connectivity index (χ0v) is 30.6. The Balaban J connectivity index is 0.00000109. The normalized spacial score (nSPS) is 11.6. The number of primary amides is 1. The van der Waals surface area contributed by atoms with E-state index in [1.807, 2.05) is 13.8 Å². The SMILES string of the molecule is CCC(=O)OC(C)C.C[C@H](NC(=O)OC(C)(C)C)c1oc(-c2ccc(OC(F)F)c(OCCCCC(N)=O)c2)nc1C(=O)NCc1ccc(F)cc1F. The van der Waals surface area contributed by atoms with Gasteiger partial charge in [0.05, 0.1) is 18.8 Å². The van der Waals surface area contributed by atoms with Gasteiger partial charge in [-0.05, 0) is 78.6 Å². The fraction of sp³-hybridized carbons (Fsp3) is 0.472. The summed E-state index contributed by atoms with van der Waals surface area (Å²) >= 11 is 0. The van der Waals surface area contributed by atoms with Crippen molar-refractivity contribution in [1.29, 1.82) is 0 Å². The molecule has 4 N–H and O–H groups in total. The molecule has 1 aromatic heterocycles.